The quantitative estimate of drug-likeness (QED) is 0.835. The van der Waals surface area contributed by atoms with Crippen LogP contribution in [0.2, 0.25) is 0 Å². The third kappa shape index (κ3) is 3.95. The minimum absolute atomic E-state index is 0.180. The highest BCUT2D eigenvalue weighted by Crippen LogP contribution is 2.22. The van der Waals surface area contributed by atoms with Crippen LogP contribution in [0.5, 0.6) is 0 Å². The zero-order valence-corrected chi connectivity index (χ0v) is 17.2. The lowest BCUT2D eigenvalue weighted by atomic mass is 10.00. The summed E-state index contributed by atoms with van der Waals surface area (Å²) in [5.74, 6) is 0.678. The van der Waals surface area contributed by atoms with Gasteiger partial charge in [0, 0.05) is 38.4 Å². The molecule has 1 aliphatic carbocycles. The molecule has 2 aliphatic heterocycles. The van der Waals surface area contributed by atoms with E-state index in [2.05, 4.69) is 61.7 Å². The van der Waals surface area contributed by atoms with Gasteiger partial charge in [-0.25, -0.2) is 0 Å². The van der Waals surface area contributed by atoms with E-state index in [-0.39, 0.29) is 5.91 Å². The first-order valence-corrected chi connectivity index (χ1v) is 10.9. The SMILES string of the molecule is O=C(NCc1ccc2c(c1)CCN(C1=CC=C1)CC2)c1ccc(N2CCCC2)nn1. The molecule has 0 unspecified atom stereocenters. The molecule has 1 N–H and O–H groups in total. The zero-order chi connectivity index (χ0) is 20.3. The molecular weight excluding hydrogens is 374 g/mol. The van der Waals surface area contributed by atoms with E-state index < -0.39 is 0 Å². The fourth-order valence-corrected chi connectivity index (χ4v) is 4.37. The Bertz CT molecular complexity index is 989. The van der Waals surface area contributed by atoms with Gasteiger partial charge in [-0.2, -0.15) is 0 Å². The lowest BCUT2D eigenvalue weighted by Crippen LogP contribution is -2.26. The van der Waals surface area contributed by atoms with Crippen molar-refractivity contribution in [2.45, 2.75) is 32.2 Å². The van der Waals surface area contributed by atoms with E-state index in [1.165, 1.54) is 29.7 Å². The number of carbonyl (C=O) groups excluding carboxylic acids is 1. The van der Waals surface area contributed by atoms with Crippen molar-refractivity contribution in [2.24, 2.45) is 0 Å². The summed E-state index contributed by atoms with van der Waals surface area (Å²) in [6, 6.07) is 10.3. The van der Waals surface area contributed by atoms with Gasteiger partial charge in [0.2, 0.25) is 0 Å². The molecule has 30 heavy (non-hydrogen) atoms. The van der Waals surface area contributed by atoms with Gasteiger partial charge in [0.05, 0.1) is 0 Å². The summed E-state index contributed by atoms with van der Waals surface area (Å²) in [7, 11) is 0. The van der Waals surface area contributed by atoms with Gasteiger partial charge >= 0.3 is 0 Å². The maximum absolute atomic E-state index is 12.5. The van der Waals surface area contributed by atoms with E-state index in [1.54, 1.807) is 6.07 Å². The number of hydrogen-bond donors (Lipinski definition) is 1. The predicted octanol–water partition coefficient (Wildman–Crippen LogP) is 2.86. The fraction of sp³-hybridized carbons (Fsp3) is 0.375. The number of aromatic nitrogens is 2. The van der Waals surface area contributed by atoms with Crippen LogP contribution < -0.4 is 10.2 Å². The average Bonchev–Trinajstić information content (AvgIpc) is 3.20. The summed E-state index contributed by atoms with van der Waals surface area (Å²) >= 11 is 0. The Morgan fingerprint density at radius 3 is 2.43 bits per heavy atom. The number of benzene rings is 1. The summed E-state index contributed by atoms with van der Waals surface area (Å²) in [5.41, 5.74) is 5.64. The molecule has 0 radical (unpaired) electrons. The summed E-state index contributed by atoms with van der Waals surface area (Å²) in [5, 5.41) is 11.4. The van der Waals surface area contributed by atoms with Gasteiger partial charge in [-0.3, -0.25) is 4.79 Å². The normalized spacial score (nSPS) is 17.8. The summed E-state index contributed by atoms with van der Waals surface area (Å²) in [6.07, 6.45) is 10.9. The Kier molecular flexibility index (Phi) is 5.22. The van der Waals surface area contributed by atoms with Crippen molar-refractivity contribution in [1.82, 2.24) is 20.4 Å². The molecule has 3 aliphatic rings. The first-order valence-electron chi connectivity index (χ1n) is 10.9. The van der Waals surface area contributed by atoms with Crippen LogP contribution in [-0.2, 0) is 19.4 Å². The highest BCUT2D eigenvalue weighted by Gasteiger charge is 2.18. The molecule has 0 saturated carbocycles. The monoisotopic (exact) mass is 401 g/mol. The smallest absolute Gasteiger partial charge is 0.272 e. The van der Waals surface area contributed by atoms with Crippen molar-refractivity contribution in [1.29, 1.82) is 0 Å². The van der Waals surface area contributed by atoms with E-state index >= 15 is 0 Å². The number of amides is 1. The van der Waals surface area contributed by atoms with Gasteiger partial charge in [0.25, 0.3) is 5.91 Å². The number of nitrogens with zero attached hydrogens (tertiary/aromatic N) is 4. The molecule has 1 amide bonds. The molecule has 1 fully saturated rings. The Balaban J connectivity index is 1.18. The van der Waals surface area contributed by atoms with Gasteiger partial charge in [-0.05, 0) is 66.7 Å². The molecule has 3 heterocycles. The van der Waals surface area contributed by atoms with Crippen molar-refractivity contribution in [2.75, 3.05) is 31.1 Å². The molecule has 0 atom stereocenters. The first-order chi connectivity index (χ1) is 14.8. The van der Waals surface area contributed by atoms with Crippen LogP contribution >= 0.6 is 0 Å². The summed E-state index contributed by atoms with van der Waals surface area (Å²) < 4.78 is 0. The Labute approximate surface area is 177 Å². The topological polar surface area (TPSA) is 61.4 Å². The van der Waals surface area contributed by atoms with Crippen LogP contribution in [-0.4, -0.2) is 47.2 Å². The number of allylic oxidation sites excluding steroid dienone is 3. The standard InChI is InChI=1S/C24H27N5O/c30-24(22-8-9-23(27-26-22)29-12-1-2-13-29)25-17-18-6-7-19-10-14-28(21-4-3-5-21)15-11-20(19)16-18/h3-9,16H,1-2,10-15,17H2,(H,25,30). The van der Waals surface area contributed by atoms with Crippen molar-refractivity contribution >= 4 is 11.7 Å². The molecule has 6 heteroatoms. The molecule has 1 aromatic carbocycles. The Morgan fingerprint density at radius 1 is 0.933 bits per heavy atom. The number of fused-ring (bicyclic) bond motifs is 1. The number of anilines is 1. The number of nitrogens with one attached hydrogen (secondary N) is 1. The molecule has 154 valence electrons. The molecule has 2 aromatic rings. The van der Waals surface area contributed by atoms with Crippen molar-refractivity contribution in [3.8, 4) is 0 Å². The minimum Gasteiger partial charge on any atom is -0.371 e. The Hall–Kier alpha value is -3.15. The highest BCUT2D eigenvalue weighted by atomic mass is 16.1. The predicted molar refractivity (Wildman–Crippen MR) is 117 cm³/mol. The van der Waals surface area contributed by atoms with E-state index in [0.29, 0.717) is 12.2 Å². The second-order valence-electron chi connectivity index (χ2n) is 8.19. The van der Waals surface area contributed by atoms with E-state index in [9.17, 15) is 4.79 Å². The number of hydrogen-bond acceptors (Lipinski definition) is 5. The second-order valence-corrected chi connectivity index (χ2v) is 8.19. The van der Waals surface area contributed by atoms with Crippen LogP contribution in [0.1, 0.15) is 40.0 Å². The van der Waals surface area contributed by atoms with Crippen molar-refractivity contribution < 1.29 is 4.79 Å². The van der Waals surface area contributed by atoms with Crippen LogP contribution in [0.3, 0.4) is 0 Å². The fourth-order valence-electron chi connectivity index (χ4n) is 4.37. The zero-order valence-electron chi connectivity index (χ0n) is 17.2. The second kappa shape index (κ2) is 8.30. The van der Waals surface area contributed by atoms with Crippen LogP contribution in [0, 0.1) is 0 Å². The first kappa shape index (κ1) is 18.9. The third-order valence-corrected chi connectivity index (χ3v) is 6.24. The maximum Gasteiger partial charge on any atom is 0.272 e. The molecule has 0 bridgehead atoms. The van der Waals surface area contributed by atoms with Gasteiger partial charge in [-0.1, -0.05) is 24.3 Å². The van der Waals surface area contributed by atoms with Gasteiger partial charge < -0.3 is 15.1 Å². The lowest BCUT2D eigenvalue weighted by Gasteiger charge is -2.26. The molecule has 1 saturated heterocycles. The molecule has 1 aromatic heterocycles. The third-order valence-electron chi connectivity index (χ3n) is 6.24. The van der Waals surface area contributed by atoms with Crippen LogP contribution in [0.15, 0.2) is 54.3 Å². The molecule has 6 nitrogen and oxygen atoms in total. The number of rotatable bonds is 5. The maximum atomic E-state index is 12.5. The van der Waals surface area contributed by atoms with E-state index in [4.69, 9.17) is 0 Å². The molecular formula is C24H27N5O. The molecule has 5 rings (SSSR count). The average molecular weight is 402 g/mol. The van der Waals surface area contributed by atoms with Crippen LogP contribution in [0.25, 0.3) is 0 Å². The van der Waals surface area contributed by atoms with Gasteiger partial charge in [-0.15, -0.1) is 10.2 Å². The highest BCUT2D eigenvalue weighted by molar-refractivity contribution is 5.92. The lowest BCUT2D eigenvalue weighted by molar-refractivity contribution is 0.0945. The van der Waals surface area contributed by atoms with Crippen molar-refractivity contribution in [3.05, 3.63) is 76.6 Å². The summed E-state index contributed by atoms with van der Waals surface area (Å²) in [4.78, 5) is 17.2. The van der Waals surface area contributed by atoms with Gasteiger partial charge in [0.1, 0.15) is 0 Å². The minimum atomic E-state index is -0.180. The van der Waals surface area contributed by atoms with E-state index in [0.717, 1.165) is 50.4 Å². The van der Waals surface area contributed by atoms with Crippen LogP contribution in [0.4, 0.5) is 5.82 Å². The summed E-state index contributed by atoms with van der Waals surface area (Å²) in [6.45, 7) is 4.64. The largest absolute Gasteiger partial charge is 0.371 e. The molecule has 0 spiro atoms. The Morgan fingerprint density at radius 2 is 1.73 bits per heavy atom. The van der Waals surface area contributed by atoms with Gasteiger partial charge in [0.15, 0.2) is 11.5 Å². The van der Waals surface area contributed by atoms with E-state index in [1.807, 2.05) is 6.07 Å². The van der Waals surface area contributed by atoms with Crippen molar-refractivity contribution in [3.63, 3.8) is 0 Å². The number of carbonyl (C=O) groups is 1.